The van der Waals surface area contributed by atoms with E-state index >= 15 is 0 Å². The first kappa shape index (κ1) is 15.6. The summed E-state index contributed by atoms with van der Waals surface area (Å²) < 4.78 is 91.4. The van der Waals surface area contributed by atoms with Gasteiger partial charge in [-0.05, 0) is 31.7 Å². The average Bonchev–Trinajstić information content (AvgIpc) is 3.26. The second kappa shape index (κ2) is 8.18. The molecule has 0 aromatic carbocycles. The van der Waals surface area contributed by atoms with Gasteiger partial charge in [-0.25, -0.2) is 26.5 Å². The van der Waals surface area contributed by atoms with Gasteiger partial charge in [-0.1, -0.05) is 12.8 Å². The highest BCUT2D eigenvalue weighted by molar-refractivity contribution is 7.88. The van der Waals surface area contributed by atoms with E-state index < -0.39 is 39.7 Å². The van der Waals surface area contributed by atoms with Crippen LogP contribution in [-0.4, -0.2) is 52.5 Å². The minimum absolute atomic E-state index is 0.0452. The number of rotatable bonds is 5. The molecule has 2 aromatic heterocycles. The molecule has 2 aromatic rings. The summed E-state index contributed by atoms with van der Waals surface area (Å²) in [6.07, 6.45) is -3.30. The minimum Gasteiger partial charge on any atom is -0.351 e. The van der Waals surface area contributed by atoms with Crippen LogP contribution in [0.1, 0.15) is 63.4 Å². The average molecular weight is 447 g/mol. The van der Waals surface area contributed by atoms with E-state index in [-0.39, 0.29) is 49.0 Å². The molecular formula is C19H25F2N5O3S. The van der Waals surface area contributed by atoms with E-state index in [0.29, 0.717) is 12.8 Å². The second-order valence-corrected chi connectivity index (χ2v) is 9.00. The van der Waals surface area contributed by atoms with Crippen LogP contribution in [0.4, 0.5) is 14.7 Å². The van der Waals surface area contributed by atoms with Gasteiger partial charge in [0, 0.05) is 40.8 Å². The molecule has 8 nitrogen and oxygen atoms in total. The van der Waals surface area contributed by atoms with Crippen molar-refractivity contribution >= 4 is 27.0 Å². The molecule has 3 heterocycles. The van der Waals surface area contributed by atoms with Crippen LogP contribution in [0.2, 0.25) is 0 Å². The van der Waals surface area contributed by atoms with Crippen LogP contribution in [0.15, 0.2) is 17.1 Å². The fraction of sp³-hybridized carbons (Fsp3) is 0.632. The molecule has 0 amide bonds. The number of fused-ring (bicyclic) bond motifs is 1. The monoisotopic (exact) mass is 446 g/mol. The lowest BCUT2D eigenvalue weighted by atomic mass is 10.1. The van der Waals surface area contributed by atoms with Crippen molar-refractivity contribution in [3.63, 3.8) is 0 Å². The number of pyridine rings is 1. The van der Waals surface area contributed by atoms with E-state index in [0.717, 1.165) is 23.2 Å². The molecule has 1 saturated carbocycles. The number of nitrogens with zero attached hydrogens (tertiary/aromatic N) is 4. The van der Waals surface area contributed by atoms with Crippen molar-refractivity contribution in [2.45, 2.75) is 57.0 Å². The molecule has 4 rings (SSSR count). The van der Waals surface area contributed by atoms with E-state index in [9.17, 15) is 22.0 Å². The van der Waals surface area contributed by atoms with Crippen LogP contribution in [-0.2, 0) is 10.0 Å². The molecule has 1 aliphatic carbocycles. The Labute approximate surface area is 180 Å². The number of sulfonamides is 1. The lowest BCUT2D eigenvalue weighted by molar-refractivity contribution is 0.149. The Morgan fingerprint density at radius 3 is 2.63 bits per heavy atom. The molecule has 1 N–H and O–H groups in total. The lowest BCUT2D eigenvalue weighted by Gasteiger charge is -2.30. The standard InChI is InChI=1S/C19H25F2N5O3S/c1-30(28,29)25-8-6-13(7-9-25)23-19-22-11-12-10-15(16(20)21)18(27)26(17(12)24-19)14-4-2-3-5-14/h10-11,13-14,16H,2-9H2,1H3,(H,22,23,24)/i1D3,13D,16D. The van der Waals surface area contributed by atoms with Crippen molar-refractivity contribution in [2.24, 2.45) is 0 Å². The summed E-state index contributed by atoms with van der Waals surface area (Å²) in [5.41, 5.74) is -1.84. The van der Waals surface area contributed by atoms with Crippen molar-refractivity contribution < 1.29 is 24.1 Å². The highest BCUT2D eigenvalue weighted by Crippen LogP contribution is 2.32. The third kappa shape index (κ3) is 4.18. The van der Waals surface area contributed by atoms with Crippen molar-refractivity contribution in [2.75, 3.05) is 24.6 Å². The zero-order valence-corrected chi connectivity index (χ0v) is 16.9. The van der Waals surface area contributed by atoms with E-state index in [4.69, 9.17) is 6.85 Å². The highest BCUT2D eigenvalue weighted by atomic mass is 32.2. The van der Waals surface area contributed by atoms with Crippen LogP contribution in [0, 0.1) is 0 Å². The summed E-state index contributed by atoms with van der Waals surface area (Å²) >= 11 is 0. The summed E-state index contributed by atoms with van der Waals surface area (Å²) in [4.78, 5) is 21.4. The number of piperidine rings is 1. The summed E-state index contributed by atoms with van der Waals surface area (Å²) in [5.74, 6) is -0.0452. The number of hydrogen-bond donors (Lipinski definition) is 1. The van der Waals surface area contributed by atoms with Gasteiger partial charge in [-0.15, -0.1) is 0 Å². The van der Waals surface area contributed by atoms with Crippen molar-refractivity contribution in [3.05, 3.63) is 28.2 Å². The maximum Gasteiger partial charge on any atom is 0.269 e. The number of alkyl halides is 2. The number of hydrogen-bond acceptors (Lipinski definition) is 6. The molecule has 1 saturated heterocycles. The van der Waals surface area contributed by atoms with Crippen LogP contribution in [0.25, 0.3) is 11.0 Å². The fourth-order valence-electron chi connectivity index (χ4n) is 4.10. The summed E-state index contributed by atoms with van der Waals surface area (Å²) in [5, 5.41) is 2.98. The smallest absolute Gasteiger partial charge is 0.269 e. The van der Waals surface area contributed by atoms with Crippen LogP contribution < -0.4 is 10.9 Å². The first-order valence-electron chi connectivity index (χ1n) is 12.2. The molecule has 0 unspecified atom stereocenters. The first-order chi connectivity index (χ1) is 16.1. The number of aromatic nitrogens is 3. The topological polar surface area (TPSA) is 97.2 Å². The third-order valence-corrected chi connectivity index (χ3v) is 6.67. The SMILES string of the molecule is [2H]C1(Nc2ncc3cc(C([2H])(F)F)c(=O)n(C4CCCC4)c3n2)CCN(S(=O)(=O)C([2H])([2H])[2H])CC1. The Hall–Kier alpha value is -2.14. The van der Waals surface area contributed by atoms with Crippen molar-refractivity contribution in [1.29, 1.82) is 0 Å². The Bertz CT molecular complexity index is 1280. The first-order valence-corrected chi connectivity index (χ1v) is 11.1. The van der Waals surface area contributed by atoms with Gasteiger partial charge < -0.3 is 5.32 Å². The highest BCUT2D eigenvalue weighted by Gasteiger charge is 2.27. The molecule has 2 fully saturated rings. The Morgan fingerprint density at radius 2 is 2.00 bits per heavy atom. The van der Waals surface area contributed by atoms with Gasteiger partial charge in [-0.2, -0.15) is 4.98 Å². The maximum atomic E-state index is 13.8. The summed E-state index contributed by atoms with van der Waals surface area (Å²) in [6.45, 7) is -0.390. The molecule has 2 aliphatic rings. The second-order valence-electron chi connectivity index (χ2n) is 7.54. The number of halogens is 2. The van der Waals surface area contributed by atoms with Gasteiger partial charge in [0.1, 0.15) is 7.02 Å². The molecule has 1 aliphatic heterocycles. The number of anilines is 1. The summed E-state index contributed by atoms with van der Waals surface area (Å²) in [7, 11) is -4.51. The van der Waals surface area contributed by atoms with E-state index in [1.807, 2.05) is 0 Å². The zero-order chi connectivity index (χ0) is 25.8. The molecule has 0 spiro atoms. The van der Waals surface area contributed by atoms with Crippen LogP contribution in [0.5, 0.6) is 0 Å². The van der Waals surface area contributed by atoms with Gasteiger partial charge >= 0.3 is 0 Å². The normalized spacial score (nSPS) is 24.0. The molecule has 164 valence electrons. The fourth-order valence-corrected chi connectivity index (χ4v) is 4.76. The quantitative estimate of drug-likeness (QED) is 0.759. The molecule has 0 atom stereocenters. The molecule has 0 bridgehead atoms. The summed E-state index contributed by atoms with van der Waals surface area (Å²) in [6, 6.07) is -0.858. The third-order valence-electron chi connectivity index (χ3n) is 5.62. The van der Waals surface area contributed by atoms with Crippen LogP contribution >= 0.6 is 0 Å². The van der Waals surface area contributed by atoms with Gasteiger partial charge in [0.25, 0.3) is 12.0 Å². The largest absolute Gasteiger partial charge is 0.351 e. The molecule has 11 heteroatoms. The van der Waals surface area contributed by atoms with Crippen molar-refractivity contribution in [1.82, 2.24) is 18.8 Å². The number of nitrogens with one attached hydrogen (secondary N) is 1. The maximum absolute atomic E-state index is 13.8. The molecule has 30 heavy (non-hydrogen) atoms. The van der Waals surface area contributed by atoms with E-state index in [1.165, 1.54) is 10.8 Å². The van der Waals surface area contributed by atoms with Crippen LogP contribution in [0.3, 0.4) is 0 Å². The predicted octanol–water partition coefficient (Wildman–Crippen LogP) is 2.68. The Balaban J connectivity index is 1.65. The Morgan fingerprint density at radius 1 is 1.30 bits per heavy atom. The van der Waals surface area contributed by atoms with Gasteiger partial charge in [0.2, 0.25) is 16.0 Å². The van der Waals surface area contributed by atoms with E-state index in [2.05, 4.69) is 15.3 Å². The lowest BCUT2D eigenvalue weighted by Crippen LogP contribution is -2.42. The van der Waals surface area contributed by atoms with Gasteiger partial charge in [-0.3, -0.25) is 9.36 Å². The zero-order valence-electron chi connectivity index (χ0n) is 21.1. The molecular weight excluding hydrogens is 416 g/mol. The molecule has 0 radical (unpaired) electrons. The van der Waals surface area contributed by atoms with E-state index in [1.54, 1.807) is 0 Å². The van der Waals surface area contributed by atoms with Crippen molar-refractivity contribution in [3.8, 4) is 0 Å². The van der Waals surface area contributed by atoms with Gasteiger partial charge in [0.15, 0.2) is 0 Å². The Kier molecular flexibility index (Phi) is 4.26. The predicted molar refractivity (Wildman–Crippen MR) is 109 cm³/mol. The minimum atomic E-state index is -4.51. The van der Waals surface area contributed by atoms with Gasteiger partial charge in [0.05, 0.1) is 13.1 Å².